The van der Waals surface area contributed by atoms with Crippen molar-refractivity contribution >= 4 is 18.1 Å². The van der Waals surface area contributed by atoms with Crippen LogP contribution in [0, 0.1) is 6.07 Å². The van der Waals surface area contributed by atoms with Crippen LogP contribution >= 0.6 is 13.6 Å². The Labute approximate surface area is 114 Å². The van der Waals surface area contributed by atoms with E-state index in [2.05, 4.69) is 56.1 Å². The van der Waals surface area contributed by atoms with E-state index in [1.165, 1.54) is 22.3 Å². The third-order valence-electron chi connectivity index (χ3n) is 2.64. The van der Waals surface area contributed by atoms with Gasteiger partial charge in [0.15, 0.2) is 0 Å². The molecule has 3 rings (SSSR count). The largest absolute Gasteiger partial charge is 0.179 e. The molecule has 0 fully saturated rings. The summed E-state index contributed by atoms with van der Waals surface area (Å²) in [5.41, 5.74) is 5.51. The van der Waals surface area contributed by atoms with Crippen molar-refractivity contribution in [2.45, 2.75) is 6.42 Å². The molecule has 2 aromatic carbocycles. The number of carbonyl (C=O) groups excluding carboxylic acids is 1. The van der Waals surface area contributed by atoms with Crippen LogP contribution in [0.25, 0.3) is 11.1 Å². The van der Waals surface area contributed by atoms with Crippen LogP contribution in [-0.2, 0) is 25.9 Å². The van der Waals surface area contributed by atoms with Crippen molar-refractivity contribution in [1.29, 1.82) is 0 Å². The van der Waals surface area contributed by atoms with E-state index in [0.29, 0.717) is 0 Å². The molecule has 0 aliphatic heterocycles. The first-order valence-electron chi connectivity index (χ1n) is 5.04. The van der Waals surface area contributed by atoms with E-state index in [1.807, 2.05) is 6.07 Å². The predicted molar refractivity (Wildman–Crippen MR) is 68.1 cm³/mol. The SMILES string of the molecule is O=[C]=[Ru][Br].[c-]1cccc2c1Cc1ccccc1-2. The fourth-order valence-electron chi connectivity index (χ4n) is 2.00. The molecular weight excluding hydrogens is 365 g/mol. The molecule has 0 aromatic heterocycles. The fraction of sp³-hybridized carbons (Fsp3) is 0.0714. The molecule has 0 atom stereocenters. The smallest absolute Gasteiger partial charge is 0.0253 e. The summed E-state index contributed by atoms with van der Waals surface area (Å²) in [4.78, 5) is 9.04. The van der Waals surface area contributed by atoms with Crippen molar-refractivity contribution in [3.05, 3.63) is 59.7 Å². The Bertz CT molecular complexity index is 530. The minimum Gasteiger partial charge on any atom is -0.179 e. The van der Waals surface area contributed by atoms with E-state index in [9.17, 15) is 0 Å². The van der Waals surface area contributed by atoms with Crippen molar-refractivity contribution in [2.75, 3.05) is 0 Å². The Kier molecular flexibility index (Phi) is 4.56. The van der Waals surface area contributed by atoms with Crippen LogP contribution in [0.4, 0.5) is 0 Å². The molecule has 0 amide bonds. The zero-order valence-corrected chi connectivity index (χ0v) is 12.2. The number of fused-ring (bicyclic) bond motifs is 3. The molecule has 0 bridgehead atoms. The first-order valence-corrected chi connectivity index (χ1v) is 9.89. The average Bonchev–Trinajstić information content (AvgIpc) is 2.77. The van der Waals surface area contributed by atoms with Crippen LogP contribution in [0.15, 0.2) is 42.5 Å². The minimum absolute atomic E-state index is 0.254. The van der Waals surface area contributed by atoms with Crippen molar-refractivity contribution in [1.82, 2.24) is 0 Å². The molecule has 0 saturated heterocycles. The predicted octanol–water partition coefficient (Wildman–Crippen LogP) is 3.50. The van der Waals surface area contributed by atoms with Gasteiger partial charge < -0.3 is 0 Å². The molecule has 0 spiro atoms. The van der Waals surface area contributed by atoms with Gasteiger partial charge in [0.2, 0.25) is 0 Å². The van der Waals surface area contributed by atoms with Gasteiger partial charge in [-0.05, 0) is 6.42 Å². The van der Waals surface area contributed by atoms with Crippen LogP contribution < -0.4 is 0 Å². The second kappa shape index (κ2) is 6.16. The van der Waals surface area contributed by atoms with Gasteiger partial charge in [0, 0.05) is 0 Å². The molecule has 1 aliphatic carbocycles. The van der Waals surface area contributed by atoms with Crippen LogP contribution in [0.2, 0.25) is 0 Å². The second-order valence-corrected chi connectivity index (χ2v) is 5.88. The Morgan fingerprint density at radius 1 is 1.18 bits per heavy atom. The quantitative estimate of drug-likeness (QED) is 0.435. The number of hydrogen-bond donors (Lipinski definition) is 0. The van der Waals surface area contributed by atoms with E-state index < -0.39 is 0 Å². The van der Waals surface area contributed by atoms with Crippen molar-refractivity contribution in [3.63, 3.8) is 0 Å². The summed E-state index contributed by atoms with van der Waals surface area (Å²) in [6.45, 7) is 0. The van der Waals surface area contributed by atoms with Crippen LogP contribution in [0.1, 0.15) is 11.1 Å². The third kappa shape index (κ3) is 2.87. The van der Waals surface area contributed by atoms with E-state index in [0.717, 1.165) is 6.42 Å². The number of rotatable bonds is 0. The summed E-state index contributed by atoms with van der Waals surface area (Å²) in [6, 6.07) is 18.1. The monoisotopic (exact) mass is 374 g/mol. The maximum Gasteiger partial charge on any atom is -0.0253 e. The summed E-state index contributed by atoms with van der Waals surface area (Å²) in [5, 5.41) is 0. The summed E-state index contributed by atoms with van der Waals surface area (Å²) in [6.07, 6.45) is 1.05. The van der Waals surface area contributed by atoms with E-state index >= 15 is 0 Å². The van der Waals surface area contributed by atoms with Crippen molar-refractivity contribution < 1.29 is 19.5 Å². The van der Waals surface area contributed by atoms with Gasteiger partial charge in [-0.2, -0.15) is 29.8 Å². The zero-order chi connectivity index (χ0) is 12.1. The van der Waals surface area contributed by atoms with Gasteiger partial charge in [-0.1, -0.05) is 35.4 Å². The maximum atomic E-state index is 9.04. The van der Waals surface area contributed by atoms with Gasteiger partial charge in [0.25, 0.3) is 0 Å². The normalized spacial score (nSPS) is 10.6. The Balaban J connectivity index is 0.000000239. The van der Waals surface area contributed by atoms with Crippen LogP contribution in [-0.4, -0.2) is 4.47 Å². The van der Waals surface area contributed by atoms with Crippen molar-refractivity contribution in [3.8, 4) is 11.1 Å². The van der Waals surface area contributed by atoms with Crippen LogP contribution in [0.5, 0.6) is 0 Å². The zero-order valence-electron chi connectivity index (χ0n) is 8.89. The molecule has 1 aliphatic rings. The first kappa shape index (κ1) is 12.6. The molecule has 87 valence electrons. The number of benzene rings is 2. The molecule has 2 aromatic rings. The molecule has 0 saturated carbocycles. The Morgan fingerprint density at radius 3 is 2.65 bits per heavy atom. The fourth-order valence-corrected chi connectivity index (χ4v) is 2.00. The van der Waals surface area contributed by atoms with E-state index in [-0.39, 0.29) is 14.7 Å². The summed E-state index contributed by atoms with van der Waals surface area (Å²) < 4.78 is 1.69. The van der Waals surface area contributed by atoms with E-state index in [4.69, 9.17) is 4.79 Å². The first-order chi connectivity index (χ1) is 8.36. The molecule has 1 nitrogen and oxygen atoms in total. The van der Waals surface area contributed by atoms with Gasteiger partial charge in [-0.25, -0.2) is 0 Å². The summed E-state index contributed by atoms with van der Waals surface area (Å²) in [7, 11) is 0. The molecule has 0 radical (unpaired) electrons. The third-order valence-corrected chi connectivity index (χ3v) is 3.46. The van der Waals surface area contributed by atoms with Gasteiger partial charge in [-0.15, -0.1) is 5.56 Å². The second-order valence-electron chi connectivity index (χ2n) is 3.54. The summed E-state index contributed by atoms with van der Waals surface area (Å²) in [5.74, 6) is 0. The topological polar surface area (TPSA) is 17.1 Å². The van der Waals surface area contributed by atoms with E-state index in [1.54, 1.807) is 4.47 Å². The van der Waals surface area contributed by atoms with Gasteiger partial charge in [0.1, 0.15) is 0 Å². The molecule has 3 heteroatoms. The molecular formula is C14H9BrORu-. The Morgan fingerprint density at radius 2 is 1.88 bits per heavy atom. The molecule has 0 heterocycles. The van der Waals surface area contributed by atoms with Crippen LogP contribution in [0.3, 0.4) is 0 Å². The van der Waals surface area contributed by atoms with Gasteiger partial charge in [0.05, 0.1) is 0 Å². The molecule has 0 unspecified atom stereocenters. The molecule has 0 N–H and O–H groups in total. The summed E-state index contributed by atoms with van der Waals surface area (Å²) >= 11 is 2.66. The maximum absolute atomic E-state index is 9.04. The van der Waals surface area contributed by atoms with Gasteiger partial charge >= 0.3 is 37.6 Å². The van der Waals surface area contributed by atoms with Crippen molar-refractivity contribution in [2.24, 2.45) is 0 Å². The number of halogens is 1. The Hall–Kier alpha value is -0.877. The standard InChI is InChI=1S/C13H9.CO.BrH.Ru/c1-3-7-12-10(5-1)9-11-6-2-4-8-13(11)12;1-2;;/h1-5,7-8H,9H2;;1H;/q-1;;;+1/p-1. The van der Waals surface area contributed by atoms with Gasteiger partial charge in [-0.3, -0.25) is 0 Å². The average molecular weight is 374 g/mol. The number of hydrogen-bond acceptors (Lipinski definition) is 1. The molecule has 17 heavy (non-hydrogen) atoms. The minimum atomic E-state index is -0.254.